The van der Waals surface area contributed by atoms with Crippen molar-refractivity contribution in [2.24, 2.45) is 5.10 Å². The smallest absolute Gasteiger partial charge is 0.282 e. The lowest BCUT2D eigenvalue weighted by molar-refractivity contribution is -0.384. The van der Waals surface area contributed by atoms with Crippen molar-refractivity contribution in [3.05, 3.63) is 72.7 Å². The Hall–Kier alpha value is -3.07. The van der Waals surface area contributed by atoms with Gasteiger partial charge in [0.25, 0.3) is 11.2 Å². The molecule has 0 fully saturated rings. The van der Waals surface area contributed by atoms with E-state index >= 15 is 0 Å². The monoisotopic (exact) mass is 472 g/mol. The molecule has 2 aromatic carbocycles. The highest BCUT2D eigenvalue weighted by atomic mass is 79.9. The van der Waals surface area contributed by atoms with Crippen molar-refractivity contribution in [1.82, 2.24) is 9.66 Å². The maximum Gasteiger partial charge on any atom is 0.282 e. The van der Waals surface area contributed by atoms with Crippen LogP contribution in [0.5, 0.6) is 5.75 Å². The summed E-state index contributed by atoms with van der Waals surface area (Å²) < 4.78 is 7.58. The van der Waals surface area contributed by atoms with Gasteiger partial charge in [0.15, 0.2) is 0 Å². The van der Waals surface area contributed by atoms with Crippen LogP contribution >= 0.6 is 15.9 Å². The number of aromatic nitrogens is 2. The molecule has 0 atom stereocenters. The Morgan fingerprint density at radius 2 is 2.07 bits per heavy atom. The predicted octanol–water partition coefficient (Wildman–Crippen LogP) is 4.69. The van der Waals surface area contributed by atoms with Crippen molar-refractivity contribution in [3.63, 3.8) is 0 Å². The summed E-state index contributed by atoms with van der Waals surface area (Å²) in [6.45, 7) is 4.27. The molecule has 0 bridgehead atoms. The van der Waals surface area contributed by atoms with E-state index in [9.17, 15) is 14.9 Å². The number of nitro benzene ring substituents is 1. The summed E-state index contributed by atoms with van der Waals surface area (Å²) >= 11 is 3.38. The zero-order valence-electron chi connectivity index (χ0n) is 16.7. The maximum absolute atomic E-state index is 13.1. The van der Waals surface area contributed by atoms with E-state index in [1.807, 2.05) is 13.0 Å². The normalized spacial score (nSPS) is 11.3. The molecule has 0 saturated carbocycles. The number of aryl methyl sites for hydroxylation is 1. The highest BCUT2D eigenvalue weighted by Crippen LogP contribution is 2.23. The van der Waals surface area contributed by atoms with Gasteiger partial charge in [0.05, 0.1) is 28.6 Å². The molecule has 0 radical (unpaired) electrons. The lowest BCUT2D eigenvalue weighted by atomic mass is 10.2. The van der Waals surface area contributed by atoms with Crippen LogP contribution in [0, 0.1) is 10.1 Å². The summed E-state index contributed by atoms with van der Waals surface area (Å²) in [5.41, 5.74) is 0.630. The van der Waals surface area contributed by atoms with Crippen molar-refractivity contribution in [3.8, 4) is 5.75 Å². The van der Waals surface area contributed by atoms with Crippen molar-refractivity contribution >= 4 is 38.7 Å². The van der Waals surface area contributed by atoms with Gasteiger partial charge < -0.3 is 4.74 Å². The van der Waals surface area contributed by atoms with Crippen LogP contribution in [-0.4, -0.2) is 27.4 Å². The third-order valence-electron chi connectivity index (χ3n) is 4.45. The Morgan fingerprint density at radius 1 is 1.27 bits per heavy atom. The Labute approximate surface area is 181 Å². The molecule has 8 nitrogen and oxygen atoms in total. The predicted molar refractivity (Wildman–Crippen MR) is 120 cm³/mol. The fourth-order valence-corrected chi connectivity index (χ4v) is 3.33. The molecule has 9 heteroatoms. The van der Waals surface area contributed by atoms with Crippen LogP contribution in [0.4, 0.5) is 5.69 Å². The first-order valence-corrected chi connectivity index (χ1v) is 10.4. The number of nitrogens with zero attached hydrogens (tertiary/aromatic N) is 4. The number of hydrogen-bond donors (Lipinski definition) is 0. The average Bonchev–Trinajstić information content (AvgIpc) is 2.73. The van der Waals surface area contributed by atoms with Gasteiger partial charge >= 0.3 is 0 Å². The molecule has 1 aromatic heterocycles. The number of fused-ring (bicyclic) bond motifs is 1. The molecule has 0 aliphatic carbocycles. The largest absolute Gasteiger partial charge is 0.493 e. The van der Waals surface area contributed by atoms with E-state index < -0.39 is 4.92 Å². The van der Waals surface area contributed by atoms with Crippen molar-refractivity contribution in [1.29, 1.82) is 0 Å². The van der Waals surface area contributed by atoms with Crippen molar-refractivity contribution in [2.45, 2.75) is 33.1 Å². The number of nitro groups is 1. The second kappa shape index (κ2) is 9.62. The molecule has 156 valence electrons. The standard InChI is InChI=1S/C21H21BrN4O4/c1-3-5-6-20-24-18-9-7-15(22)12-17(18)21(27)25(20)23-13-14-11-16(26(28)29)8-10-19(14)30-4-2/h7-13H,3-6H2,1-2H3. The highest BCUT2D eigenvalue weighted by Gasteiger charge is 2.13. The van der Waals surface area contributed by atoms with E-state index in [2.05, 4.69) is 32.9 Å². The minimum Gasteiger partial charge on any atom is -0.493 e. The van der Waals surface area contributed by atoms with E-state index in [1.165, 1.54) is 29.1 Å². The average molecular weight is 473 g/mol. The van der Waals surface area contributed by atoms with Crippen molar-refractivity contribution < 1.29 is 9.66 Å². The van der Waals surface area contributed by atoms with Crippen LogP contribution in [-0.2, 0) is 6.42 Å². The van der Waals surface area contributed by atoms with E-state index in [0.29, 0.717) is 41.1 Å². The zero-order valence-corrected chi connectivity index (χ0v) is 18.3. The Kier molecular flexibility index (Phi) is 6.94. The summed E-state index contributed by atoms with van der Waals surface area (Å²) in [5, 5.41) is 15.9. The highest BCUT2D eigenvalue weighted by molar-refractivity contribution is 9.10. The summed E-state index contributed by atoms with van der Waals surface area (Å²) in [5.74, 6) is 0.989. The molecule has 1 heterocycles. The summed E-state index contributed by atoms with van der Waals surface area (Å²) in [6, 6.07) is 9.60. The number of unbranched alkanes of at least 4 members (excludes halogenated alkanes) is 1. The molecule has 0 aliphatic heterocycles. The molecule has 0 unspecified atom stereocenters. The summed E-state index contributed by atoms with van der Waals surface area (Å²) in [6.07, 6.45) is 3.78. The third kappa shape index (κ3) is 4.73. The number of non-ortho nitro benzene ring substituents is 1. The van der Waals surface area contributed by atoms with E-state index in [4.69, 9.17) is 4.74 Å². The van der Waals surface area contributed by atoms with Crippen LogP contribution in [0.2, 0.25) is 0 Å². The Balaban J connectivity index is 2.15. The second-order valence-electron chi connectivity index (χ2n) is 6.57. The van der Waals surface area contributed by atoms with Crippen LogP contribution < -0.4 is 10.3 Å². The molecular weight excluding hydrogens is 452 g/mol. The van der Waals surface area contributed by atoms with Crippen LogP contribution in [0.1, 0.15) is 38.1 Å². The van der Waals surface area contributed by atoms with Crippen molar-refractivity contribution in [2.75, 3.05) is 6.61 Å². The molecule has 0 saturated heterocycles. The van der Waals surface area contributed by atoms with E-state index in [0.717, 1.165) is 17.3 Å². The van der Waals surface area contributed by atoms with Gasteiger partial charge in [-0.25, -0.2) is 4.98 Å². The molecule has 0 amide bonds. The van der Waals surface area contributed by atoms with E-state index in [1.54, 1.807) is 12.1 Å². The Morgan fingerprint density at radius 3 is 2.77 bits per heavy atom. The molecular formula is C21H21BrN4O4. The number of hydrogen-bond acceptors (Lipinski definition) is 6. The number of ether oxygens (including phenoxy) is 1. The first-order chi connectivity index (χ1) is 14.4. The summed E-state index contributed by atoms with van der Waals surface area (Å²) in [7, 11) is 0. The molecule has 3 aromatic rings. The van der Waals surface area contributed by atoms with E-state index in [-0.39, 0.29) is 11.2 Å². The van der Waals surface area contributed by atoms with Gasteiger partial charge in [0, 0.05) is 28.6 Å². The SMILES string of the molecule is CCCCc1nc2ccc(Br)cc2c(=O)n1N=Cc1cc([N+](=O)[O-])ccc1OCC. The van der Waals surface area contributed by atoms with Gasteiger partial charge in [-0.2, -0.15) is 9.78 Å². The molecule has 0 aliphatic rings. The molecule has 0 spiro atoms. The van der Waals surface area contributed by atoms with Gasteiger partial charge in [0.2, 0.25) is 0 Å². The maximum atomic E-state index is 13.1. The molecule has 30 heavy (non-hydrogen) atoms. The van der Waals surface area contributed by atoms with Crippen LogP contribution in [0.25, 0.3) is 10.9 Å². The quantitative estimate of drug-likeness (QED) is 0.269. The summed E-state index contributed by atoms with van der Waals surface area (Å²) in [4.78, 5) is 28.4. The fraction of sp³-hybridized carbons (Fsp3) is 0.286. The first-order valence-electron chi connectivity index (χ1n) is 9.61. The topological polar surface area (TPSA) is 99.6 Å². The number of rotatable bonds is 8. The first kappa shape index (κ1) is 21.6. The van der Waals surface area contributed by atoms with Crippen LogP contribution in [0.15, 0.2) is 50.8 Å². The second-order valence-corrected chi connectivity index (χ2v) is 7.48. The lowest BCUT2D eigenvalue weighted by Crippen LogP contribution is -2.22. The zero-order chi connectivity index (χ0) is 21.7. The van der Waals surface area contributed by atoms with Gasteiger partial charge in [-0.3, -0.25) is 14.9 Å². The third-order valence-corrected chi connectivity index (χ3v) is 4.94. The lowest BCUT2D eigenvalue weighted by Gasteiger charge is -2.10. The van der Waals surface area contributed by atoms with Gasteiger partial charge in [-0.05, 0) is 37.6 Å². The van der Waals surface area contributed by atoms with Gasteiger partial charge in [0.1, 0.15) is 11.6 Å². The number of halogens is 1. The van der Waals surface area contributed by atoms with Crippen LogP contribution in [0.3, 0.4) is 0 Å². The fourth-order valence-electron chi connectivity index (χ4n) is 2.97. The minimum atomic E-state index is -0.485. The number of benzene rings is 2. The molecule has 0 N–H and O–H groups in total. The van der Waals surface area contributed by atoms with Gasteiger partial charge in [-0.1, -0.05) is 29.3 Å². The van der Waals surface area contributed by atoms with Gasteiger partial charge in [-0.15, -0.1) is 0 Å². The molecule has 3 rings (SSSR count). The minimum absolute atomic E-state index is 0.0842. The Bertz CT molecular complexity index is 1170.